The molecular formula is C32H31NO2. The molecule has 0 saturated carbocycles. The Kier molecular flexibility index (Phi) is 6.54. The van der Waals surface area contributed by atoms with Crippen molar-refractivity contribution in [3.05, 3.63) is 155 Å². The topological polar surface area (TPSA) is 55.5 Å². The molecule has 3 nitrogen and oxygen atoms in total. The van der Waals surface area contributed by atoms with Crippen LogP contribution in [0.2, 0.25) is 0 Å². The molecule has 176 valence electrons. The van der Waals surface area contributed by atoms with Crippen molar-refractivity contribution in [3.8, 4) is 0 Å². The predicted octanol–water partition coefficient (Wildman–Crippen LogP) is 5.83. The van der Waals surface area contributed by atoms with Gasteiger partial charge in [-0.05, 0) is 34.8 Å². The summed E-state index contributed by atoms with van der Waals surface area (Å²) < 4.78 is 5.93. The summed E-state index contributed by atoms with van der Waals surface area (Å²) in [5.74, 6) is -0.0282. The third kappa shape index (κ3) is 4.29. The summed E-state index contributed by atoms with van der Waals surface area (Å²) >= 11 is 0. The van der Waals surface area contributed by atoms with E-state index in [0.29, 0.717) is 18.8 Å². The molecule has 3 heteroatoms. The molecule has 0 spiro atoms. The summed E-state index contributed by atoms with van der Waals surface area (Å²) in [5.41, 5.74) is 8.82. The van der Waals surface area contributed by atoms with Crippen LogP contribution in [0.25, 0.3) is 0 Å². The lowest BCUT2D eigenvalue weighted by Crippen LogP contribution is -2.59. The zero-order chi connectivity index (χ0) is 24.1. The minimum atomic E-state index is -1.71. The molecule has 0 amide bonds. The van der Waals surface area contributed by atoms with Crippen molar-refractivity contribution < 1.29 is 9.84 Å². The van der Waals surface area contributed by atoms with Gasteiger partial charge in [0.15, 0.2) is 5.72 Å². The van der Waals surface area contributed by atoms with Gasteiger partial charge in [-0.1, -0.05) is 121 Å². The van der Waals surface area contributed by atoms with Crippen LogP contribution in [0.3, 0.4) is 0 Å². The molecule has 35 heavy (non-hydrogen) atoms. The van der Waals surface area contributed by atoms with E-state index in [1.165, 1.54) is 0 Å². The SMILES string of the molecule is NC(O)(C1=CCCO1)C(Cc1ccccc1)C(c1ccccc1)(c1ccccc1)c1ccccc1. The molecule has 1 heterocycles. The van der Waals surface area contributed by atoms with Gasteiger partial charge in [0.25, 0.3) is 0 Å². The predicted molar refractivity (Wildman–Crippen MR) is 141 cm³/mol. The number of hydrogen-bond acceptors (Lipinski definition) is 3. The molecule has 1 aliphatic rings. The van der Waals surface area contributed by atoms with E-state index in [1.54, 1.807) is 0 Å². The van der Waals surface area contributed by atoms with Gasteiger partial charge in [0.05, 0.1) is 12.0 Å². The maximum absolute atomic E-state index is 12.2. The molecule has 0 radical (unpaired) electrons. The molecule has 2 atom stereocenters. The Balaban J connectivity index is 1.85. The number of nitrogens with two attached hydrogens (primary N) is 1. The highest BCUT2D eigenvalue weighted by Gasteiger charge is 2.54. The van der Waals surface area contributed by atoms with Crippen molar-refractivity contribution in [3.63, 3.8) is 0 Å². The number of rotatable bonds is 8. The van der Waals surface area contributed by atoms with Gasteiger partial charge in [-0.25, -0.2) is 0 Å². The minimum Gasteiger partial charge on any atom is -0.493 e. The van der Waals surface area contributed by atoms with Gasteiger partial charge in [-0.2, -0.15) is 0 Å². The first-order valence-corrected chi connectivity index (χ1v) is 12.2. The highest BCUT2D eigenvalue weighted by atomic mass is 16.5. The van der Waals surface area contributed by atoms with Crippen LogP contribution in [-0.2, 0) is 16.6 Å². The molecule has 1 aliphatic heterocycles. The van der Waals surface area contributed by atoms with Crippen molar-refractivity contribution in [1.82, 2.24) is 0 Å². The Morgan fingerprint density at radius 2 is 1.11 bits per heavy atom. The molecule has 0 saturated heterocycles. The third-order valence-corrected chi connectivity index (χ3v) is 7.12. The molecule has 0 aromatic heterocycles. The number of ether oxygens (including phenoxy) is 1. The Bertz CT molecular complexity index is 1160. The monoisotopic (exact) mass is 461 g/mol. The van der Waals surface area contributed by atoms with E-state index in [2.05, 4.69) is 84.9 Å². The fraction of sp³-hybridized carbons (Fsp3) is 0.188. The van der Waals surface area contributed by atoms with E-state index in [1.807, 2.05) is 42.5 Å². The first-order chi connectivity index (χ1) is 17.1. The van der Waals surface area contributed by atoms with Crippen molar-refractivity contribution in [2.24, 2.45) is 11.7 Å². The molecule has 2 unspecified atom stereocenters. The zero-order valence-corrected chi connectivity index (χ0v) is 19.8. The van der Waals surface area contributed by atoms with E-state index in [9.17, 15) is 5.11 Å². The van der Waals surface area contributed by atoms with E-state index in [0.717, 1.165) is 28.7 Å². The number of hydrogen-bond donors (Lipinski definition) is 2. The van der Waals surface area contributed by atoms with Crippen LogP contribution in [0.15, 0.2) is 133 Å². The largest absolute Gasteiger partial charge is 0.493 e. The van der Waals surface area contributed by atoms with Crippen LogP contribution in [0.4, 0.5) is 0 Å². The normalized spacial score (nSPS) is 16.1. The lowest BCUT2D eigenvalue weighted by molar-refractivity contribution is -0.0415. The summed E-state index contributed by atoms with van der Waals surface area (Å²) in [6, 6.07) is 41.5. The first-order valence-electron chi connectivity index (χ1n) is 12.2. The van der Waals surface area contributed by atoms with Crippen molar-refractivity contribution in [2.75, 3.05) is 6.61 Å². The molecule has 0 bridgehead atoms. The summed E-state index contributed by atoms with van der Waals surface area (Å²) in [4.78, 5) is 0. The van der Waals surface area contributed by atoms with Crippen molar-refractivity contribution in [2.45, 2.75) is 24.0 Å². The smallest absolute Gasteiger partial charge is 0.176 e. The Labute approximate surface area is 207 Å². The molecule has 5 rings (SSSR count). The molecule has 0 aliphatic carbocycles. The zero-order valence-electron chi connectivity index (χ0n) is 19.8. The van der Waals surface area contributed by atoms with Crippen LogP contribution in [0.5, 0.6) is 0 Å². The van der Waals surface area contributed by atoms with Crippen molar-refractivity contribution in [1.29, 1.82) is 0 Å². The Morgan fingerprint density at radius 1 is 0.686 bits per heavy atom. The maximum atomic E-state index is 12.2. The van der Waals surface area contributed by atoms with Crippen LogP contribution < -0.4 is 5.73 Å². The summed E-state index contributed by atoms with van der Waals surface area (Å²) in [5, 5.41) is 12.2. The highest BCUT2D eigenvalue weighted by molar-refractivity contribution is 5.53. The lowest BCUT2D eigenvalue weighted by Gasteiger charge is -2.48. The van der Waals surface area contributed by atoms with Crippen molar-refractivity contribution >= 4 is 0 Å². The first kappa shape index (κ1) is 23.1. The molecule has 4 aromatic carbocycles. The lowest BCUT2D eigenvalue weighted by atomic mass is 9.57. The maximum Gasteiger partial charge on any atom is 0.176 e. The third-order valence-electron chi connectivity index (χ3n) is 7.12. The molecular weight excluding hydrogens is 430 g/mol. The average Bonchev–Trinajstić information content (AvgIpc) is 3.47. The highest BCUT2D eigenvalue weighted by Crippen LogP contribution is 2.51. The Morgan fingerprint density at radius 3 is 1.51 bits per heavy atom. The van der Waals surface area contributed by atoms with E-state index >= 15 is 0 Å². The molecule has 3 N–H and O–H groups in total. The van der Waals surface area contributed by atoms with Gasteiger partial charge < -0.3 is 9.84 Å². The summed E-state index contributed by atoms with van der Waals surface area (Å²) in [7, 11) is 0. The van der Waals surface area contributed by atoms with Crippen LogP contribution in [0, 0.1) is 5.92 Å². The van der Waals surface area contributed by atoms with E-state index < -0.39 is 17.1 Å². The molecule has 4 aromatic rings. The Hall–Kier alpha value is -3.66. The fourth-order valence-corrected chi connectivity index (χ4v) is 5.56. The quantitative estimate of drug-likeness (QED) is 0.256. The summed E-state index contributed by atoms with van der Waals surface area (Å²) in [6.07, 6.45) is 3.22. The second-order valence-electron chi connectivity index (χ2n) is 9.18. The fourth-order valence-electron chi connectivity index (χ4n) is 5.56. The minimum absolute atomic E-state index is 0.450. The van der Waals surface area contributed by atoms with Gasteiger partial charge in [0.2, 0.25) is 0 Å². The average molecular weight is 462 g/mol. The number of aliphatic hydroxyl groups is 1. The second kappa shape index (κ2) is 9.91. The second-order valence-corrected chi connectivity index (χ2v) is 9.18. The van der Waals surface area contributed by atoms with Gasteiger partial charge in [-0.15, -0.1) is 0 Å². The standard InChI is InChI=1S/C32H31NO2/c33-32(34,30-22-13-23-35-30)29(24-25-14-5-1-6-15-25)31(26-16-7-2-8-17-26,27-18-9-3-10-19-27)28-20-11-4-12-21-28/h1-12,14-22,29,34H,13,23-24,33H2. The van der Waals surface area contributed by atoms with E-state index in [4.69, 9.17) is 10.5 Å². The van der Waals surface area contributed by atoms with E-state index in [-0.39, 0.29) is 0 Å². The summed E-state index contributed by atoms with van der Waals surface area (Å²) in [6.45, 7) is 0.530. The van der Waals surface area contributed by atoms with Gasteiger partial charge >= 0.3 is 0 Å². The van der Waals surface area contributed by atoms with Gasteiger partial charge in [-0.3, -0.25) is 5.73 Å². The van der Waals surface area contributed by atoms with Gasteiger partial charge in [0.1, 0.15) is 5.76 Å². The van der Waals surface area contributed by atoms with Crippen LogP contribution >= 0.6 is 0 Å². The molecule has 0 fully saturated rings. The van der Waals surface area contributed by atoms with Crippen LogP contribution in [0.1, 0.15) is 28.7 Å². The van der Waals surface area contributed by atoms with Gasteiger partial charge in [0, 0.05) is 12.3 Å². The number of benzene rings is 4. The van der Waals surface area contributed by atoms with Crippen LogP contribution in [-0.4, -0.2) is 17.4 Å².